The Morgan fingerprint density at radius 3 is 2.32 bits per heavy atom. The minimum atomic E-state index is -0.0746. The van der Waals surface area contributed by atoms with Crippen LogP contribution in [0, 0.1) is 0 Å². The highest BCUT2D eigenvalue weighted by Crippen LogP contribution is 2.31. The molecule has 0 fully saturated rings. The lowest BCUT2D eigenvalue weighted by Crippen LogP contribution is -2.23. The molecule has 0 atom stereocenters. The van der Waals surface area contributed by atoms with Crippen LogP contribution in [0.15, 0.2) is 72.8 Å². The summed E-state index contributed by atoms with van der Waals surface area (Å²) in [5, 5.41) is 8.19. The number of nitrogens with one attached hydrogen (secondary N) is 2. The Hall–Kier alpha value is -3.60. The summed E-state index contributed by atoms with van der Waals surface area (Å²) in [7, 11) is 0. The summed E-state index contributed by atoms with van der Waals surface area (Å²) in [6.07, 6.45) is 1.17. The van der Waals surface area contributed by atoms with E-state index in [1.54, 1.807) is 0 Å². The van der Waals surface area contributed by atoms with Crippen molar-refractivity contribution in [2.75, 3.05) is 5.32 Å². The summed E-state index contributed by atoms with van der Waals surface area (Å²) >= 11 is 0. The zero-order chi connectivity index (χ0) is 21.6. The van der Waals surface area contributed by atoms with Gasteiger partial charge in [0.2, 0.25) is 11.8 Å². The van der Waals surface area contributed by atoms with Gasteiger partial charge < -0.3 is 15.2 Å². The molecule has 0 aliphatic rings. The molecule has 158 valence electrons. The first kappa shape index (κ1) is 20.7. The average Bonchev–Trinajstić information content (AvgIpc) is 3.11. The molecule has 0 saturated heterocycles. The van der Waals surface area contributed by atoms with Crippen LogP contribution >= 0.6 is 0 Å². The van der Waals surface area contributed by atoms with Gasteiger partial charge in [-0.15, -0.1) is 0 Å². The molecule has 31 heavy (non-hydrogen) atoms. The molecule has 4 rings (SSSR count). The topological polar surface area (TPSA) is 63.1 Å². The van der Waals surface area contributed by atoms with Gasteiger partial charge >= 0.3 is 0 Å². The lowest BCUT2D eigenvalue weighted by Gasteiger charge is -2.07. The van der Waals surface area contributed by atoms with Crippen LogP contribution in [-0.4, -0.2) is 16.4 Å². The number of aryl methyl sites for hydroxylation is 1. The van der Waals surface area contributed by atoms with E-state index in [0.717, 1.165) is 28.7 Å². The highest BCUT2D eigenvalue weighted by atomic mass is 16.2. The highest BCUT2D eigenvalue weighted by molar-refractivity contribution is 6.09. The number of nitrogens with zero attached hydrogens (tertiary/aromatic N) is 1. The Labute approximate surface area is 182 Å². The number of benzene rings is 3. The molecule has 2 N–H and O–H groups in total. The maximum Gasteiger partial charge on any atom is 0.224 e. The second kappa shape index (κ2) is 9.47. The Balaban J connectivity index is 1.32. The lowest BCUT2D eigenvalue weighted by atomic mass is 10.1. The molecule has 0 saturated carbocycles. The molecule has 3 aromatic carbocycles. The normalized spacial score (nSPS) is 11.0. The number of para-hydroxylation sites is 1. The minimum Gasteiger partial charge on any atom is -0.352 e. The minimum absolute atomic E-state index is 0.0366. The van der Waals surface area contributed by atoms with Gasteiger partial charge in [0.05, 0.1) is 0 Å². The van der Waals surface area contributed by atoms with Gasteiger partial charge in [0.25, 0.3) is 0 Å². The van der Waals surface area contributed by atoms with Gasteiger partial charge in [0, 0.05) is 53.4 Å². The third-order valence-corrected chi connectivity index (χ3v) is 5.51. The standard InChI is InChI=1S/C26H27N3O2/c1-2-29-23-12-7-6-11-21(23)22-17-20(15-16-24(22)29)28-26(31)14-8-13-25(30)27-18-19-9-4-3-5-10-19/h3-7,9-12,15-17H,2,8,13-14,18H2,1H3,(H,27,30)(H,28,31). The SMILES string of the molecule is CCn1c2ccccc2c2cc(NC(=O)CCCC(=O)NCc3ccccc3)ccc21. The Kier molecular flexibility index (Phi) is 6.32. The van der Waals surface area contributed by atoms with Crippen LogP contribution in [0.1, 0.15) is 31.7 Å². The van der Waals surface area contributed by atoms with Crippen molar-refractivity contribution in [3.63, 3.8) is 0 Å². The van der Waals surface area contributed by atoms with Gasteiger partial charge in [0.15, 0.2) is 0 Å². The maximum absolute atomic E-state index is 12.4. The number of fused-ring (bicyclic) bond motifs is 3. The second-order valence-electron chi connectivity index (χ2n) is 7.66. The van der Waals surface area contributed by atoms with E-state index >= 15 is 0 Å². The highest BCUT2D eigenvalue weighted by Gasteiger charge is 2.11. The monoisotopic (exact) mass is 413 g/mol. The van der Waals surface area contributed by atoms with Crippen molar-refractivity contribution in [2.24, 2.45) is 0 Å². The van der Waals surface area contributed by atoms with Gasteiger partial charge in [-0.3, -0.25) is 9.59 Å². The molecule has 0 spiro atoms. The van der Waals surface area contributed by atoms with Crippen molar-refractivity contribution in [3.05, 3.63) is 78.4 Å². The van der Waals surface area contributed by atoms with Gasteiger partial charge in [0.1, 0.15) is 0 Å². The number of amides is 2. The van der Waals surface area contributed by atoms with Gasteiger partial charge in [-0.1, -0.05) is 48.5 Å². The summed E-state index contributed by atoms with van der Waals surface area (Å²) in [6, 6.07) is 24.2. The lowest BCUT2D eigenvalue weighted by molar-refractivity contribution is -0.121. The van der Waals surface area contributed by atoms with Crippen LogP contribution in [0.4, 0.5) is 5.69 Å². The quantitative estimate of drug-likeness (QED) is 0.415. The van der Waals surface area contributed by atoms with E-state index < -0.39 is 0 Å². The van der Waals surface area contributed by atoms with Gasteiger partial charge in [-0.2, -0.15) is 0 Å². The zero-order valence-corrected chi connectivity index (χ0v) is 17.7. The number of hydrogen-bond acceptors (Lipinski definition) is 2. The maximum atomic E-state index is 12.4. The van der Waals surface area contributed by atoms with Crippen LogP contribution in [0.5, 0.6) is 0 Å². The van der Waals surface area contributed by atoms with E-state index in [0.29, 0.717) is 25.8 Å². The smallest absolute Gasteiger partial charge is 0.224 e. The average molecular weight is 414 g/mol. The van der Waals surface area contributed by atoms with Crippen LogP contribution < -0.4 is 10.6 Å². The summed E-state index contributed by atoms with van der Waals surface area (Å²) in [4.78, 5) is 24.4. The Morgan fingerprint density at radius 2 is 1.52 bits per heavy atom. The molecular weight excluding hydrogens is 386 g/mol. The summed E-state index contributed by atoms with van der Waals surface area (Å²) in [5.74, 6) is -0.111. The van der Waals surface area contributed by atoms with Crippen molar-refractivity contribution in [2.45, 2.75) is 39.3 Å². The fraction of sp³-hybridized carbons (Fsp3) is 0.231. The van der Waals surface area contributed by atoms with Crippen molar-refractivity contribution >= 4 is 39.3 Å². The second-order valence-corrected chi connectivity index (χ2v) is 7.66. The molecule has 1 heterocycles. The van der Waals surface area contributed by atoms with Crippen LogP contribution in [0.25, 0.3) is 21.8 Å². The molecule has 4 aromatic rings. The zero-order valence-electron chi connectivity index (χ0n) is 17.7. The van der Waals surface area contributed by atoms with E-state index in [1.165, 1.54) is 10.9 Å². The van der Waals surface area contributed by atoms with E-state index in [9.17, 15) is 9.59 Å². The summed E-state index contributed by atoms with van der Waals surface area (Å²) in [6.45, 7) is 3.54. The predicted octanol–water partition coefficient (Wildman–Crippen LogP) is 5.24. The van der Waals surface area contributed by atoms with E-state index in [-0.39, 0.29) is 11.8 Å². The molecule has 2 amide bonds. The van der Waals surface area contributed by atoms with Crippen molar-refractivity contribution in [1.29, 1.82) is 0 Å². The molecule has 0 unspecified atom stereocenters. The molecule has 0 aliphatic carbocycles. The first-order chi connectivity index (χ1) is 15.2. The summed E-state index contributed by atoms with van der Waals surface area (Å²) in [5.41, 5.74) is 4.21. The Bertz CT molecular complexity index is 1210. The molecule has 0 radical (unpaired) electrons. The van der Waals surface area contributed by atoms with Crippen LogP contribution in [0.3, 0.4) is 0 Å². The number of carbonyl (C=O) groups is 2. The predicted molar refractivity (Wildman–Crippen MR) is 126 cm³/mol. The third kappa shape index (κ3) is 4.77. The molecular formula is C26H27N3O2. The molecule has 1 aromatic heterocycles. The third-order valence-electron chi connectivity index (χ3n) is 5.51. The van der Waals surface area contributed by atoms with Crippen LogP contribution in [0.2, 0.25) is 0 Å². The molecule has 5 heteroatoms. The van der Waals surface area contributed by atoms with Crippen molar-refractivity contribution in [1.82, 2.24) is 9.88 Å². The fourth-order valence-electron chi connectivity index (χ4n) is 3.99. The largest absolute Gasteiger partial charge is 0.352 e. The summed E-state index contributed by atoms with van der Waals surface area (Å²) < 4.78 is 2.28. The van der Waals surface area contributed by atoms with E-state index in [4.69, 9.17) is 0 Å². The number of carbonyl (C=O) groups excluding carboxylic acids is 2. The molecule has 5 nitrogen and oxygen atoms in total. The Morgan fingerprint density at radius 1 is 0.806 bits per heavy atom. The first-order valence-electron chi connectivity index (χ1n) is 10.8. The first-order valence-corrected chi connectivity index (χ1v) is 10.8. The van der Waals surface area contributed by atoms with Crippen LogP contribution in [-0.2, 0) is 22.7 Å². The number of hydrogen-bond donors (Lipinski definition) is 2. The molecule has 0 bridgehead atoms. The van der Waals surface area contributed by atoms with Crippen molar-refractivity contribution < 1.29 is 9.59 Å². The number of anilines is 1. The van der Waals surface area contributed by atoms with E-state index in [2.05, 4.69) is 40.3 Å². The molecule has 0 aliphatic heterocycles. The van der Waals surface area contributed by atoms with Crippen molar-refractivity contribution in [3.8, 4) is 0 Å². The van der Waals surface area contributed by atoms with Gasteiger partial charge in [-0.05, 0) is 43.2 Å². The van der Waals surface area contributed by atoms with E-state index in [1.807, 2.05) is 54.6 Å². The number of aromatic nitrogens is 1. The van der Waals surface area contributed by atoms with Gasteiger partial charge in [-0.25, -0.2) is 0 Å². The fourth-order valence-corrected chi connectivity index (χ4v) is 3.99. The number of rotatable bonds is 8.